The number of aliphatic hydroxyl groups excluding tert-OH is 1. The number of fused-ring (bicyclic) bond motifs is 5. The van der Waals surface area contributed by atoms with E-state index in [1.165, 1.54) is 64.2 Å². The Hall–Kier alpha value is -0.0400. The van der Waals surface area contributed by atoms with Crippen molar-refractivity contribution in [3.8, 4) is 0 Å². The molecule has 4 rings (SSSR count). The first-order valence-electron chi connectivity index (χ1n) is 13.9. The molecule has 0 amide bonds. The van der Waals surface area contributed by atoms with Crippen molar-refractivity contribution in [3.05, 3.63) is 0 Å². The van der Waals surface area contributed by atoms with Crippen LogP contribution in [-0.4, -0.2) is 11.2 Å². The predicted octanol–water partition coefficient (Wildman–Crippen LogP) is 8.10. The van der Waals surface area contributed by atoms with Crippen molar-refractivity contribution in [2.24, 2.45) is 58.2 Å². The molecule has 1 nitrogen and oxygen atoms in total. The van der Waals surface area contributed by atoms with Crippen LogP contribution in [0.5, 0.6) is 0 Å². The summed E-state index contributed by atoms with van der Waals surface area (Å²) >= 11 is 0. The van der Waals surface area contributed by atoms with Crippen molar-refractivity contribution in [1.82, 2.24) is 0 Å². The van der Waals surface area contributed by atoms with Gasteiger partial charge in [0.2, 0.25) is 0 Å². The van der Waals surface area contributed by atoms with Crippen LogP contribution in [0.15, 0.2) is 0 Å². The minimum absolute atomic E-state index is 0.0111. The maximum Gasteiger partial charge on any atom is 0.0543 e. The van der Waals surface area contributed by atoms with Gasteiger partial charge in [-0.25, -0.2) is 0 Å². The topological polar surface area (TPSA) is 20.2 Å². The Morgan fingerprint density at radius 2 is 1.53 bits per heavy atom. The highest BCUT2D eigenvalue weighted by atomic mass is 16.3. The molecule has 30 heavy (non-hydrogen) atoms. The Labute approximate surface area is 188 Å². The maximum absolute atomic E-state index is 10.3. The van der Waals surface area contributed by atoms with Gasteiger partial charge in [-0.3, -0.25) is 0 Å². The van der Waals surface area contributed by atoms with Gasteiger partial charge in [0, 0.05) is 0 Å². The zero-order valence-corrected chi connectivity index (χ0v) is 21.1. The number of hydrogen-bond donors (Lipinski definition) is 1. The van der Waals surface area contributed by atoms with Crippen molar-refractivity contribution >= 4 is 0 Å². The van der Waals surface area contributed by atoms with Gasteiger partial charge in [0.05, 0.1) is 6.10 Å². The van der Waals surface area contributed by atoms with Crippen molar-refractivity contribution in [2.75, 3.05) is 0 Å². The Morgan fingerprint density at radius 3 is 2.23 bits per heavy atom. The highest BCUT2D eigenvalue weighted by molar-refractivity contribution is 5.09. The second kappa shape index (κ2) is 8.72. The van der Waals surface area contributed by atoms with E-state index in [9.17, 15) is 5.11 Å². The molecule has 4 aliphatic rings. The zero-order chi connectivity index (χ0) is 21.7. The van der Waals surface area contributed by atoms with Gasteiger partial charge in [0.15, 0.2) is 0 Å². The molecule has 0 radical (unpaired) electrons. The van der Waals surface area contributed by atoms with Crippen LogP contribution in [0, 0.1) is 58.2 Å². The molecular formula is C29H52O. The van der Waals surface area contributed by atoms with Crippen molar-refractivity contribution < 1.29 is 5.11 Å². The highest BCUT2D eigenvalue weighted by Crippen LogP contribution is 2.68. The standard InChI is InChI=1S/C29H52O/c1-7-21(19(2)3)9-8-20(4)25-12-13-26-24-11-10-22-18-23(30)14-16-28(22,5)27(24)15-17-29(25,26)6/h19-27,30H,7-18H2,1-6H3/t20?,21?,22?,23?,24?,25?,26?,27?,28-,29+/m1/s1. The molecule has 0 bridgehead atoms. The monoisotopic (exact) mass is 416 g/mol. The molecule has 4 saturated carbocycles. The maximum atomic E-state index is 10.3. The first kappa shape index (κ1) is 23.1. The number of aliphatic hydroxyl groups is 1. The van der Waals surface area contributed by atoms with E-state index >= 15 is 0 Å². The van der Waals surface area contributed by atoms with E-state index < -0.39 is 0 Å². The molecule has 0 saturated heterocycles. The van der Waals surface area contributed by atoms with Gasteiger partial charge in [-0.2, -0.15) is 0 Å². The molecule has 4 fully saturated rings. The van der Waals surface area contributed by atoms with Crippen LogP contribution in [0.3, 0.4) is 0 Å². The lowest BCUT2D eigenvalue weighted by Gasteiger charge is -2.61. The van der Waals surface area contributed by atoms with Gasteiger partial charge in [-0.1, -0.05) is 54.4 Å². The third-order valence-corrected chi connectivity index (χ3v) is 11.9. The van der Waals surface area contributed by atoms with Crippen LogP contribution < -0.4 is 0 Å². The highest BCUT2D eigenvalue weighted by Gasteiger charge is 2.60. The summed E-state index contributed by atoms with van der Waals surface area (Å²) in [5.74, 6) is 7.34. The molecule has 0 heterocycles. The van der Waals surface area contributed by atoms with E-state index in [0.717, 1.165) is 60.2 Å². The fourth-order valence-electron chi connectivity index (χ4n) is 9.90. The van der Waals surface area contributed by atoms with Gasteiger partial charge in [-0.15, -0.1) is 0 Å². The Balaban J connectivity index is 1.45. The summed E-state index contributed by atoms with van der Waals surface area (Å²) in [5.41, 5.74) is 1.14. The average molecular weight is 417 g/mol. The summed E-state index contributed by atoms with van der Waals surface area (Å²) in [6.45, 7) is 15.2. The Morgan fingerprint density at radius 1 is 0.833 bits per heavy atom. The molecule has 0 spiro atoms. The van der Waals surface area contributed by atoms with Gasteiger partial charge in [0.25, 0.3) is 0 Å². The van der Waals surface area contributed by atoms with E-state index in [0.29, 0.717) is 10.8 Å². The number of rotatable bonds is 6. The van der Waals surface area contributed by atoms with E-state index in [4.69, 9.17) is 0 Å². The summed E-state index contributed by atoms with van der Waals surface area (Å²) in [4.78, 5) is 0. The van der Waals surface area contributed by atoms with Crippen LogP contribution in [-0.2, 0) is 0 Å². The molecule has 0 aromatic rings. The van der Waals surface area contributed by atoms with E-state index in [1.807, 2.05) is 0 Å². The summed E-state index contributed by atoms with van der Waals surface area (Å²) in [5, 5.41) is 10.3. The minimum Gasteiger partial charge on any atom is -0.393 e. The lowest BCUT2D eigenvalue weighted by atomic mass is 9.44. The van der Waals surface area contributed by atoms with Crippen LogP contribution >= 0.6 is 0 Å². The quantitative estimate of drug-likeness (QED) is 0.463. The average Bonchev–Trinajstić information content (AvgIpc) is 3.06. The third kappa shape index (κ3) is 3.82. The van der Waals surface area contributed by atoms with Gasteiger partial charge in [0.1, 0.15) is 0 Å². The van der Waals surface area contributed by atoms with Crippen molar-refractivity contribution in [3.63, 3.8) is 0 Å². The van der Waals surface area contributed by atoms with Crippen LogP contribution in [0.25, 0.3) is 0 Å². The first-order chi connectivity index (χ1) is 14.2. The molecule has 1 N–H and O–H groups in total. The van der Waals surface area contributed by atoms with Crippen molar-refractivity contribution in [2.45, 2.75) is 125 Å². The summed E-state index contributed by atoms with van der Waals surface area (Å²) < 4.78 is 0. The van der Waals surface area contributed by atoms with Crippen LogP contribution in [0.1, 0.15) is 119 Å². The third-order valence-electron chi connectivity index (χ3n) is 11.9. The Bertz CT molecular complexity index is 583. The van der Waals surface area contributed by atoms with E-state index in [-0.39, 0.29) is 6.10 Å². The normalized spacial score (nSPS) is 48.0. The lowest BCUT2D eigenvalue weighted by molar-refractivity contribution is -0.129. The molecule has 0 aromatic heterocycles. The number of hydrogen-bond acceptors (Lipinski definition) is 1. The molecule has 1 heteroatoms. The summed E-state index contributed by atoms with van der Waals surface area (Å²) in [6.07, 6.45) is 16.5. The molecule has 10 atom stereocenters. The summed E-state index contributed by atoms with van der Waals surface area (Å²) in [7, 11) is 0. The van der Waals surface area contributed by atoms with Gasteiger partial charge < -0.3 is 5.11 Å². The van der Waals surface area contributed by atoms with Gasteiger partial charge in [-0.05, 0) is 122 Å². The first-order valence-corrected chi connectivity index (χ1v) is 13.9. The second-order valence-electron chi connectivity index (χ2n) is 13.3. The largest absolute Gasteiger partial charge is 0.393 e. The van der Waals surface area contributed by atoms with Crippen molar-refractivity contribution in [1.29, 1.82) is 0 Å². The molecule has 8 unspecified atom stereocenters. The molecule has 0 aliphatic heterocycles. The zero-order valence-electron chi connectivity index (χ0n) is 21.1. The molecular weight excluding hydrogens is 364 g/mol. The lowest BCUT2D eigenvalue weighted by Crippen LogP contribution is -2.54. The molecule has 4 aliphatic carbocycles. The fraction of sp³-hybridized carbons (Fsp3) is 1.00. The molecule has 0 aromatic carbocycles. The SMILES string of the molecule is CCC(CCC(C)C1CCC2C3CCC4CC(O)CC[C@@]4(C)C3CC[C@@]12C)C(C)C. The predicted molar refractivity (Wildman–Crippen MR) is 128 cm³/mol. The van der Waals surface area contributed by atoms with E-state index in [1.54, 1.807) is 0 Å². The molecule has 174 valence electrons. The smallest absolute Gasteiger partial charge is 0.0543 e. The fourth-order valence-corrected chi connectivity index (χ4v) is 9.90. The van der Waals surface area contributed by atoms with Gasteiger partial charge >= 0.3 is 0 Å². The second-order valence-corrected chi connectivity index (χ2v) is 13.3. The van der Waals surface area contributed by atoms with E-state index in [2.05, 4.69) is 41.5 Å². The van der Waals surface area contributed by atoms with Crippen LogP contribution in [0.2, 0.25) is 0 Å². The summed E-state index contributed by atoms with van der Waals surface area (Å²) in [6, 6.07) is 0. The minimum atomic E-state index is -0.0111. The Kier molecular flexibility index (Phi) is 6.72. The van der Waals surface area contributed by atoms with Crippen LogP contribution in [0.4, 0.5) is 0 Å².